The van der Waals surface area contributed by atoms with Crippen molar-refractivity contribution in [3.8, 4) is 5.75 Å². The lowest BCUT2D eigenvalue weighted by atomic mass is 10.1. The zero-order valence-corrected chi connectivity index (χ0v) is 11.4. The van der Waals surface area contributed by atoms with Crippen LogP contribution in [0.1, 0.15) is 10.4 Å². The van der Waals surface area contributed by atoms with Crippen molar-refractivity contribution in [3.05, 3.63) is 48.0 Å². The molecule has 2 aromatic carbocycles. The lowest BCUT2D eigenvalue weighted by Crippen LogP contribution is -2.16. The van der Waals surface area contributed by atoms with Crippen LogP contribution in [0, 0.1) is 0 Å². The monoisotopic (exact) mass is 282 g/mol. The normalized spacial score (nSPS) is 10.5. The second-order valence-electron chi connectivity index (χ2n) is 4.48. The van der Waals surface area contributed by atoms with E-state index in [0.29, 0.717) is 22.9 Å². The van der Waals surface area contributed by atoms with E-state index < -0.39 is 0 Å². The Balaban J connectivity index is 1.93. The SMILES string of the molecule is COc1cccc(N)c1C(=O)Nc1nc2ccccc2[nH]1. The van der Waals surface area contributed by atoms with Crippen LogP contribution in [0.25, 0.3) is 11.0 Å². The van der Waals surface area contributed by atoms with E-state index in [1.54, 1.807) is 18.2 Å². The second kappa shape index (κ2) is 5.16. The number of amides is 1. The van der Waals surface area contributed by atoms with Gasteiger partial charge in [-0.15, -0.1) is 0 Å². The molecule has 6 nitrogen and oxygen atoms in total. The highest BCUT2D eigenvalue weighted by Crippen LogP contribution is 2.25. The van der Waals surface area contributed by atoms with E-state index in [0.717, 1.165) is 11.0 Å². The molecule has 1 amide bonds. The van der Waals surface area contributed by atoms with Gasteiger partial charge in [0, 0.05) is 5.69 Å². The first-order valence-corrected chi connectivity index (χ1v) is 6.37. The van der Waals surface area contributed by atoms with Gasteiger partial charge in [-0.25, -0.2) is 4.98 Å². The third-order valence-electron chi connectivity index (χ3n) is 3.13. The minimum absolute atomic E-state index is 0.292. The number of nitrogens with zero attached hydrogens (tertiary/aromatic N) is 1. The summed E-state index contributed by atoms with van der Waals surface area (Å²) in [5.41, 5.74) is 8.12. The Morgan fingerprint density at radius 3 is 2.81 bits per heavy atom. The van der Waals surface area contributed by atoms with Crippen LogP contribution in [-0.2, 0) is 0 Å². The number of carbonyl (C=O) groups is 1. The Bertz CT molecular complexity index is 777. The maximum atomic E-state index is 12.4. The summed E-state index contributed by atoms with van der Waals surface area (Å²) in [5, 5.41) is 2.70. The van der Waals surface area contributed by atoms with Crippen molar-refractivity contribution in [2.75, 3.05) is 18.2 Å². The Hall–Kier alpha value is -3.02. The van der Waals surface area contributed by atoms with E-state index in [9.17, 15) is 4.79 Å². The third kappa shape index (κ3) is 2.38. The Labute approximate surface area is 120 Å². The first kappa shape index (κ1) is 13.0. The van der Waals surface area contributed by atoms with Gasteiger partial charge in [0.05, 0.1) is 18.1 Å². The molecule has 0 saturated carbocycles. The van der Waals surface area contributed by atoms with Gasteiger partial charge in [0.25, 0.3) is 5.91 Å². The van der Waals surface area contributed by atoms with Crippen LogP contribution >= 0.6 is 0 Å². The number of carbonyl (C=O) groups excluding carboxylic acids is 1. The lowest BCUT2D eigenvalue weighted by molar-refractivity contribution is 0.102. The average Bonchev–Trinajstić information content (AvgIpc) is 2.88. The zero-order valence-electron chi connectivity index (χ0n) is 11.4. The van der Waals surface area contributed by atoms with Crippen LogP contribution in [0.4, 0.5) is 11.6 Å². The quantitative estimate of drug-likeness (QED) is 0.643. The Morgan fingerprint density at radius 1 is 1.24 bits per heavy atom. The van der Waals surface area contributed by atoms with Crippen LogP contribution in [0.3, 0.4) is 0 Å². The fraction of sp³-hybridized carbons (Fsp3) is 0.0667. The number of nitrogen functional groups attached to an aromatic ring is 1. The highest BCUT2D eigenvalue weighted by molar-refractivity contribution is 6.09. The molecule has 3 rings (SSSR count). The number of imidazole rings is 1. The fourth-order valence-corrected chi connectivity index (χ4v) is 2.14. The lowest BCUT2D eigenvalue weighted by Gasteiger charge is -2.10. The number of rotatable bonds is 3. The standard InChI is InChI=1S/C15H14N4O2/c1-21-12-8-4-5-9(16)13(12)14(20)19-15-17-10-6-2-3-7-11(10)18-15/h2-8H,16H2,1H3,(H2,17,18,19,20). The van der Waals surface area contributed by atoms with Gasteiger partial charge in [-0.3, -0.25) is 10.1 Å². The van der Waals surface area contributed by atoms with Crippen LogP contribution in [0.15, 0.2) is 42.5 Å². The molecule has 0 fully saturated rings. The summed E-state index contributed by atoms with van der Waals surface area (Å²) in [6.07, 6.45) is 0. The smallest absolute Gasteiger partial charge is 0.263 e. The van der Waals surface area contributed by atoms with Crippen molar-refractivity contribution < 1.29 is 9.53 Å². The summed E-state index contributed by atoms with van der Waals surface area (Å²) in [4.78, 5) is 19.7. The number of nitrogens with one attached hydrogen (secondary N) is 2. The number of methoxy groups -OCH3 is 1. The molecule has 0 saturated heterocycles. The minimum Gasteiger partial charge on any atom is -0.496 e. The molecule has 0 unspecified atom stereocenters. The highest BCUT2D eigenvalue weighted by Gasteiger charge is 2.17. The van der Waals surface area contributed by atoms with Crippen molar-refractivity contribution >= 4 is 28.6 Å². The molecule has 106 valence electrons. The van der Waals surface area contributed by atoms with Crippen LogP contribution in [0.5, 0.6) is 5.75 Å². The number of hydrogen-bond acceptors (Lipinski definition) is 4. The van der Waals surface area contributed by atoms with Gasteiger partial charge >= 0.3 is 0 Å². The van der Waals surface area contributed by atoms with E-state index >= 15 is 0 Å². The number of aromatic nitrogens is 2. The number of H-pyrrole nitrogens is 1. The van der Waals surface area contributed by atoms with Crippen LogP contribution in [-0.4, -0.2) is 23.0 Å². The molecule has 21 heavy (non-hydrogen) atoms. The topological polar surface area (TPSA) is 93.0 Å². The van der Waals surface area contributed by atoms with Crippen molar-refractivity contribution in [2.45, 2.75) is 0 Å². The molecule has 0 atom stereocenters. The number of para-hydroxylation sites is 2. The molecule has 0 spiro atoms. The Kier molecular flexibility index (Phi) is 3.19. The number of ether oxygens (including phenoxy) is 1. The van der Waals surface area contributed by atoms with E-state index in [1.807, 2.05) is 24.3 Å². The Morgan fingerprint density at radius 2 is 2.05 bits per heavy atom. The molecule has 6 heteroatoms. The number of aromatic amines is 1. The number of fused-ring (bicyclic) bond motifs is 1. The molecular weight excluding hydrogens is 268 g/mol. The summed E-state index contributed by atoms with van der Waals surface area (Å²) in [7, 11) is 1.49. The van der Waals surface area contributed by atoms with Gasteiger partial charge in [-0.1, -0.05) is 18.2 Å². The molecule has 4 N–H and O–H groups in total. The molecule has 0 bridgehead atoms. The predicted molar refractivity (Wildman–Crippen MR) is 81.5 cm³/mol. The molecule has 0 aliphatic carbocycles. The summed E-state index contributed by atoms with van der Waals surface area (Å²) >= 11 is 0. The largest absolute Gasteiger partial charge is 0.496 e. The molecule has 3 aromatic rings. The van der Waals surface area contributed by atoms with E-state index in [1.165, 1.54) is 7.11 Å². The van der Waals surface area contributed by atoms with Crippen LogP contribution in [0.2, 0.25) is 0 Å². The molecular formula is C15H14N4O2. The predicted octanol–water partition coefficient (Wildman–Crippen LogP) is 2.41. The summed E-state index contributed by atoms with van der Waals surface area (Å²) < 4.78 is 5.17. The van der Waals surface area contributed by atoms with Gasteiger partial charge in [0.15, 0.2) is 0 Å². The van der Waals surface area contributed by atoms with Crippen molar-refractivity contribution in [1.29, 1.82) is 0 Å². The molecule has 0 radical (unpaired) electrons. The molecule has 1 heterocycles. The molecule has 0 aliphatic rings. The van der Waals surface area contributed by atoms with Gasteiger partial charge in [0.2, 0.25) is 5.95 Å². The molecule has 0 aliphatic heterocycles. The van der Waals surface area contributed by atoms with Gasteiger partial charge in [-0.05, 0) is 24.3 Å². The van der Waals surface area contributed by atoms with E-state index in [-0.39, 0.29) is 5.91 Å². The number of benzene rings is 2. The van der Waals surface area contributed by atoms with E-state index in [2.05, 4.69) is 15.3 Å². The number of hydrogen-bond donors (Lipinski definition) is 3. The van der Waals surface area contributed by atoms with Gasteiger partial charge in [-0.2, -0.15) is 0 Å². The van der Waals surface area contributed by atoms with Gasteiger partial charge in [0.1, 0.15) is 11.3 Å². The summed E-state index contributed by atoms with van der Waals surface area (Å²) in [6.45, 7) is 0. The third-order valence-corrected chi connectivity index (χ3v) is 3.13. The first-order valence-electron chi connectivity index (χ1n) is 6.37. The second-order valence-corrected chi connectivity index (χ2v) is 4.48. The zero-order chi connectivity index (χ0) is 14.8. The highest BCUT2D eigenvalue weighted by atomic mass is 16.5. The minimum atomic E-state index is -0.371. The molecule has 1 aromatic heterocycles. The van der Waals surface area contributed by atoms with Gasteiger partial charge < -0.3 is 15.5 Å². The number of anilines is 2. The van der Waals surface area contributed by atoms with E-state index in [4.69, 9.17) is 10.5 Å². The number of nitrogens with two attached hydrogens (primary N) is 1. The first-order chi connectivity index (χ1) is 10.2. The van der Waals surface area contributed by atoms with Crippen molar-refractivity contribution in [1.82, 2.24) is 9.97 Å². The van der Waals surface area contributed by atoms with Crippen molar-refractivity contribution in [2.24, 2.45) is 0 Å². The summed E-state index contributed by atoms with van der Waals surface area (Å²) in [6, 6.07) is 12.6. The average molecular weight is 282 g/mol. The fourth-order valence-electron chi connectivity index (χ4n) is 2.14. The maximum absolute atomic E-state index is 12.4. The summed E-state index contributed by atoms with van der Waals surface area (Å²) in [5.74, 6) is 0.416. The van der Waals surface area contributed by atoms with Crippen molar-refractivity contribution in [3.63, 3.8) is 0 Å². The maximum Gasteiger partial charge on any atom is 0.263 e. The van der Waals surface area contributed by atoms with Crippen LogP contribution < -0.4 is 15.8 Å².